The molecule has 0 aliphatic carbocycles. The van der Waals surface area contributed by atoms with Crippen LogP contribution in [-0.4, -0.2) is 31.3 Å². The van der Waals surface area contributed by atoms with E-state index in [9.17, 15) is 9.59 Å². The van der Waals surface area contributed by atoms with Gasteiger partial charge in [0.25, 0.3) is 0 Å². The average molecular weight is 386 g/mol. The van der Waals surface area contributed by atoms with Gasteiger partial charge in [-0.05, 0) is 17.8 Å². The molecule has 0 saturated heterocycles. The molecule has 0 saturated carbocycles. The first-order chi connectivity index (χ1) is 12.7. The predicted molar refractivity (Wildman–Crippen MR) is 111 cm³/mol. The largest absolute Gasteiger partial charge is 0.464 e. The minimum Gasteiger partial charge on any atom is -0.464 e. The lowest BCUT2D eigenvalue weighted by molar-refractivity contribution is -0.147. The molecule has 5 heteroatoms. The van der Waals surface area contributed by atoms with Crippen molar-refractivity contribution in [2.45, 2.75) is 105 Å². The first-order valence-electron chi connectivity index (χ1n) is 10.8. The van der Waals surface area contributed by atoms with Crippen molar-refractivity contribution in [2.24, 2.45) is 11.3 Å². The van der Waals surface area contributed by atoms with E-state index < -0.39 is 12.1 Å². The molecule has 0 aromatic heterocycles. The van der Waals surface area contributed by atoms with Crippen molar-refractivity contribution in [3.8, 4) is 0 Å². The third-order valence-corrected chi connectivity index (χ3v) is 4.62. The molecule has 0 rings (SSSR count). The van der Waals surface area contributed by atoms with Crippen molar-refractivity contribution >= 4 is 12.1 Å². The molecule has 5 nitrogen and oxygen atoms in total. The lowest BCUT2D eigenvalue weighted by Gasteiger charge is -2.24. The number of hydrogen-bond donors (Lipinski definition) is 1. The molecule has 0 aliphatic heterocycles. The summed E-state index contributed by atoms with van der Waals surface area (Å²) in [5.74, 6) is -0.363. The maximum absolute atomic E-state index is 12.4. The maximum Gasteiger partial charge on any atom is 0.407 e. The Kier molecular flexibility index (Phi) is 14.1. The zero-order chi connectivity index (χ0) is 20.7. The molecule has 0 fully saturated rings. The molecule has 0 aromatic rings. The molecule has 0 aromatic carbocycles. The quantitative estimate of drug-likeness (QED) is 0.300. The highest BCUT2D eigenvalue weighted by atomic mass is 16.6. The molecule has 160 valence electrons. The second-order valence-corrected chi connectivity index (χ2v) is 8.79. The number of alkyl carbamates (subject to hydrolysis) is 1. The Hall–Kier alpha value is -1.26. The fourth-order valence-electron chi connectivity index (χ4n) is 2.62. The lowest BCUT2D eigenvalue weighted by Crippen LogP contribution is -2.46. The molecule has 2 unspecified atom stereocenters. The Balaban J connectivity index is 4.15. The van der Waals surface area contributed by atoms with Gasteiger partial charge in [-0.15, -0.1) is 0 Å². The van der Waals surface area contributed by atoms with Crippen LogP contribution in [0.1, 0.15) is 99.3 Å². The van der Waals surface area contributed by atoms with E-state index in [0.717, 1.165) is 19.3 Å². The van der Waals surface area contributed by atoms with Crippen LogP contribution < -0.4 is 5.32 Å². The molecule has 0 aliphatic rings. The number of hydrogen-bond acceptors (Lipinski definition) is 4. The van der Waals surface area contributed by atoms with Gasteiger partial charge >= 0.3 is 12.1 Å². The number of carbonyl (C=O) groups excluding carboxylic acids is 2. The Morgan fingerprint density at radius 3 is 1.96 bits per heavy atom. The van der Waals surface area contributed by atoms with Gasteiger partial charge in [-0.2, -0.15) is 0 Å². The van der Waals surface area contributed by atoms with Gasteiger partial charge in [0, 0.05) is 0 Å². The molecule has 0 radical (unpaired) electrons. The minimum atomic E-state index is -0.656. The van der Waals surface area contributed by atoms with Crippen LogP contribution in [0.5, 0.6) is 0 Å². The zero-order valence-corrected chi connectivity index (χ0v) is 18.6. The van der Waals surface area contributed by atoms with Gasteiger partial charge in [-0.25, -0.2) is 9.59 Å². The van der Waals surface area contributed by atoms with Crippen LogP contribution >= 0.6 is 0 Å². The number of unbranched alkanes of at least 4 members (excludes halogenated alkanes) is 7. The van der Waals surface area contributed by atoms with Crippen LogP contribution in [0.2, 0.25) is 0 Å². The number of rotatable bonds is 14. The van der Waals surface area contributed by atoms with Crippen LogP contribution in [0.25, 0.3) is 0 Å². The number of ether oxygens (including phenoxy) is 2. The SMILES string of the molecule is CCCCCCCCCCOC(=O)C(NC(=O)OCC(C)(C)C)C(C)CC. The van der Waals surface area contributed by atoms with Gasteiger partial charge in [0.15, 0.2) is 0 Å². The van der Waals surface area contributed by atoms with Crippen molar-refractivity contribution < 1.29 is 19.1 Å². The molecular weight excluding hydrogens is 342 g/mol. The van der Waals surface area contributed by atoms with Crippen LogP contribution in [-0.2, 0) is 14.3 Å². The van der Waals surface area contributed by atoms with E-state index in [4.69, 9.17) is 9.47 Å². The Labute approximate surface area is 167 Å². The maximum atomic E-state index is 12.4. The van der Waals surface area contributed by atoms with Crippen LogP contribution in [0.15, 0.2) is 0 Å². The number of amides is 1. The van der Waals surface area contributed by atoms with E-state index in [-0.39, 0.29) is 17.3 Å². The fourth-order valence-corrected chi connectivity index (χ4v) is 2.62. The van der Waals surface area contributed by atoms with Gasteiger partial charge in [-0.3, -0.25) is 0 Å². The van der Waals surface area contributed by atoms with Crippen LogP contribution in [0.3, 0.4) is 0 Å². The topological polar surface area (TPSA) is 64.6 Å². The average Bonchev–Trinajstić information content (AvgIpc) is 2.61. The van der Waals surface area contributed by atoms with Gasteiger partial charge in [0.05, 0.1) is 13.2 Å². The van der Waals surface area contributed by atoms with Gasteiger partial charge in [0.1, 0.15) is 6.04 Å². The molecule has 0 spiro atoms. The smallest absolute Gasteiger partial charge is 0.407 e. The standard InChI is InChI=1S/C22H43NO4/c1-7-9-10-11-12-13-14-15-16-26-20(24)19(18(3)8-2)23-21(25)27-17-22(4,5)6/h18-19H,7-17H2,1-6H3,(H,23,25). The van der Waals surface area contributed by atoms with Gasteiger partial charge < -0.3 is 14.8 Å². The van der Waals surface area contributed by atoms with Crippen molar-refractivity contribution in [2.75, 3.05) is 13.2 Å². The van der Waals surface area contributed by atoms with Crippen molar-refractivity contribution in [1.82, 2.24) is 5.32 Å². The van der Waals surface area contributed by atoms with E-state index in [1.807, 2.05) is 34.6 Å². The second-order valence-electron chi connectivity index (χ2n) is 8.79. The third kappa shape index (κ3) is 14.5. The highest BCUT2D eigenvalue weighted by molar-refractivity contribution is 5.81. The first kappa shape index (κ1) is 25.7. The highest BCUT2D eigenvalue weighted by Crippen LogP contribution is 2.14. The Morgan fingerprint density at radius 1 is 0.889 bits per heavy atom. The summed E-state index contributed by atoms with van der Waals surface area (Å²) in [6.45, 7) is 12.8. The summed E-state index contributed by atoms with van der Waals surface area (Å²) >= 11 is 0. The Bertz CT molecular complexity index is 404. The van der Waals surface area contributed by atoms with Crippen molar-refractivity contribution in [1.29, 1.82) is 0 Å². The normalized spacial score (nSPS) is 13.7. The molecule has 2 atom stereocenters. The summed E-state index contributed by atoms with van der Waals surface area (Å²) in [5, 5.41) is 2.69. The minimum absolute atomic E-state index is 0.00162. The first-order valence-corrected chi connectivity index (χ1v) is 10.8. The summed E-state index contributed by atoms with van der Waals surface area (Å²) in [6, 6.07) is -0.656. The predicted octanol–water partition coefficient (Wildman–Crippen LogP) is 5.86. The summed E-state index contributed by atoms with van der Waals surface area (Å²) in [7, 11) is 0. The monoisotopic (exact) mass is 385 g/mol. The highest BCUT2D eigenvalue weighted by Gasteiger charge is 2.28. The summed E-state index contributed by atoms with van der Waals surface area (Å²) in [5.41, 5.74) is -0.111. The molecule has 1 N–H and O–H groups in total. The van der Waals surface area contributed by atoms with E-state index in [1.54, 1.807) is 0 Å². The van der Waals surface area contributed by atoms with E-state index in [0.29, 0.717) is 13.2 Å². The summed E-state index contributed by atoms with van der Waals surface area (Å²) < 4.78 is 10.6. The van der Waals surface area contributed by atoms with Crippen molar-refractivity contribution in [3.05, 3.63) is 0 Å². The van der Waals surface area contributed by atoms with E-state index in [1.165, 1.54) is 38.5 Å². The molecule has 1 amide bonds. The molecule has 0 heterocycles. The summed E-state index contributed by atoms with van der Waals surface area (Å²) in [6.07, 6.45) is 9.82. The van der Waals surface area contributed by atoms with Crippen LogP contribution in [0.4, 0.5) is 4.79 Å². The summed E-state index contributed by atoms with van der Waals surface area (Å²) in [4.78, 5) is 24.4. The molecule has 27 heavy (non-hydrogen) atoms. The van der Waals surface area contributed by atoms with Crippen LogP contribution in [0, 0.1) is 11.3 Å². The fraction of sp³-hybridized carbons (Fsp3) is 0.909. The number of nitrogens with one attached hydrogen (secondary N) is 1. The second kappa shape index (κ2) is 14.8. The van der Waals surface area contributed by atoms with E-state index >= 15 is 0 Å². The zero-order valence-electron chi connectivity index (χ0n) is 18.6. The van der Waals surface area contributed by atoms with E-state index in [2.05, 4.69) is 12.2 Å². The molecule has 0 bridgehead atoms. The third-order valence-electron chi connectivity index (χ3n) is 4.62. The lowest BCUT2D eigenvalue weighted by atomic mass is 9.98. The number of carbonyl (C=O) groups is 2. The van der Waals surface area contributed by atoms with Gasteiger partial charge in [0.2, 0.25) is 0 Å². The van der Waals surface area contributed by atoms with Crippen molar-refractivity contribution in [3.63, 3.8) is 0 Å². The van der Waals surface area contributed by atoms with Gasteiger partial charge in [-0.1, -0.05) is 92.9 Å². The Morgan fingerprint density at radius 2 is 1.44 bits per heavy atom. The molecular formula is C22H43NO4. The number of esters is 1.